The van der Waals surface area contributed by atoms with Crippen molar-refractivity contribution >= 4 is 38.3 Å². The van der Waals surface area contributed by atoms with Crippen molar-refractivity contribution in [3.05, 3.63) is 161 Å². The summed E-state index contributed by atoms with van der Waals surface area (Å²) < 4.78 is 3.40. The van der Waals surface area contributed by atoms with Gasteiger partial charge in [0.05, 0.1) is 17.1 Å². The van der Waals surface area contributed by atoms with Crippen LogP contribution < -0.4 is 16.3 Å². The predicted octanol–water partition coefficient (Wildman–Crippen LogP) is 7.82. The number of nitrogens with one attached hydrogen (secondary N) is 2. The average molecular weight is 573 g/mol. The number of fused-ring (bicyclic) bond motifs is 4. The van der Waals surface area contributed by atoms with Crippen molar-refractivity contribution in [2.24, 2.45) is 14.1 Å². The number of benzene rings is 6. The third-order valence-corrected chi connectivity index (χ3v) is 9.03. The van der Waals surface area contributed by atoms with Crippen LogP contribution in [0, 0.1) is 0 Å². The van der Waals surface area contributed by atoms with Crippen LogP contribution in [0.2, 0.25) is 0 Å². The van der Waals surface area contributed by atoms with Crippen molar-refractivity contribution < 1.29 is 0 Å². The summed E-state index contributed by atoms with van der Waals surface area (Å²) in [7, 11) is 3.65. The molecule has 0 aliphatic carbocycles. The maximum absolute atomic E-state index is 12.6. The van der Waals surface area contributed by atoms with Gasteiger partial charge in [0.2, 0.25) is 0 Å². The number of aryl methyl sites for hydroxylation is 2. The summed E-state index contributed by atoms with van der Waals surface area (Å²) in [5.74, 6) is 0. The highest BCUT2D eigenvalue weighted by molar-refractivity contribution is 6.09. The first kappa shape index (κ1) is 26.3. The van der Waals surface area contributed by atoms with E-state index in [1.54, 1.807) is 9.13 Å². The quantitative estimate of drug-likeness (QED) is 0.212. The van der Waals surface area contributed by atoms with Crippen LogP contribution in [0.3, 0.4) is 0 Å². The molecular formula is C39H32N4O. The number of imidazole rings is 1. The Balaban J connectivity index is 1.27. The van der Waals surface area contributed by atoms with E-state index in [9.17, 15) is 4.79 Å². The van der Waals surface area contributed by atoms with Crippen LogP contribution in [0.25, 0.3) is 49.4 Å². The van der Waals surface area contributed by atoms with Gasteiger partial charge in [0.1, 0.15) is 6.17 Å². The summed E-state index contributed by atoms with van der Waals surface area (Å²) in [6.45, 7) is 0. The Morgan fingerprint density at radius 2 is 1.32 bits per heavy atom. The number of nitrogens with zero attached hydrogens (tertiary/aromatic N) is 2. The van der Waals surface area contributed by atoms with E-state index < -0.39 is 0 Å². The van der Waals surface area contributed by atoms with Crippen molar-refractivity contribution in [2.45, 2.75) is 12.2 Å². The molecule has 0 bridgehead atoms. The molecule has 0 spiro atoms. The van der Waals surface area contributed by atoms with Gasteiger partial charge in [-0.05, 0) is 73.6 Å². The van der Waals surface area contributed by atoms with Gasteiger partial charge in [0.15, 0.2) is 0 Å². The molecule has 8 rings (SSSR count). The Morgan fingerprint density at radius 3 is 2.20 bits per heavy atom. The second-order valence-corrected chi connectivity index (χ2v) is 11.6. The van der Waals surface area contributed by atoms with Crippen LogP contribution in [-0.4, -0.2) is 9.13 Å². The Bertz CT molecular complexity index is 2290. The molecule has 214 valence electrons. The first-order valence-corrected chi connectivity index (χ1v) is 15.0. The van der Waals surface area contributed by atoms with Crippen LogP contribution >= 0.6 is 0 Å². The van der Waals surface area contributed by atoms with E-state index in [0.29, 0.717) is 0 Å². The van der Waals surface area contributed by atoms with Crippen molar-refractivity contribution in [2.75, 3.05) is 0 Å². The van der Waals surface area contributed by atoms with Gasteiger partial charge in [-0.25, -0.2) is 4.79 Å². The predicted molar refractivity (Wildman–Crippen MR) is 181 cm³/mol. The summed E-state index contributed by atoms with van der Waals surface area (Å²) in [6, 6.07) is 45.1. The van der Waals surface area contributed by atoms with Gasteiger partial charge in [-0.3, -0.25) is 14.5 Å². The van der Waals surface area contributed by atoms with Gasteiger partial charge in [-0.15, -0.1) is 0 Å². The van der Waals surface area contributed by atoms with Crippen molar-refractivity contribution in [1.29, 1.82) is 0 Å². The lowest BCUT2D eigenvalue weighted by atomic mass is 9.91. The maximum Gasteiger partial charge on any atom is 0.328 e. The SMILES string of the molecule is Cn1c(=O)n(C)c2cc(-c3cccc(C4=CC(c5cccc6ccc7ccccc7c56)NC(c5ccccc5)N4)c3)ccc21. The molecular weight excluding hydrogens is 540 g/mol. The van der Waals surface area contributed by atoms with Gasteiger partial charge in [-0.1, -0.05) is 109 Å². The minimum atomic E-state index is -0.0784. The highest BCUT2D eigenvalue weighted by atomic mass is 16.1. The Kier molecular flexibility index (Phi) is 6.21. The molecule has 7 aromatic rings. The third kappa shape index (κ3) is 4.32. The zero-order valence-corrected chi connectivity index (χ0v) is 24.7. The molecule has 1 aromatic heterocycles. The third-order valence-electron chi connectivity index (χ3n) is 9.03. The van der Waals surface area contributed by atoms with Crippen LogP contribution in [0.1, 0.15) is 28.9 Å². The smallest absolute Gasteiger partial charge is 0.328 e. The lowest BCUT2D eigenvalue weighted by Gasteiger charge is -2.34. The van der Waals surface area contributed by atoms with E-state index in [0.717, 1.165) is 33.4 Å². The van der Waals surface area contributed by atoms with Gasteiger partial charge in [0, 0.05) is 19.8 Å². The van der Waals surface area contributed by atoms with E-state index >= 15 is 0 Å². The van der Waals surface area contributed by atoms with E-state index in [2.05, 4.69) is 138 Å². The largest absolute Gasteiger partial charge is 0.366 e. The highest BCUT2D eigenvalue weighted by Crippen LogP contribution is 2.37. The molecule has 2 unspecified atom stereocenters. The van der Waals surface area contributed by atoms with Crippen LogP contribution in [0.5, 0.6) is 0 Å². The van der Waals surface area contributed by atoms with E-state index in [1.165, 1.54) is 32.7 Å². The first-order chi connectivity index (χ1) is 21.5. The molecule has 0 saturated carbocycles. The first-order valence-electron chi connectivity index (χ1n) is 15.0. The molecule has 2 atom stereocenters. The van der Waals surface area contributed by atoms with E-state index in [4.69, 9.17) is 0 Å². The molecule has 0 saturated heterocycles. The lowest BCUT2D eigenvalue weighted by Crippen LogP contribution is -2.39. The molecule has 0 radical (unpaired) electrons. The maximum atomic E-state index is 12.6. The molecule has 2 heterocycles. The molecule has 0 fully saturated rings. The number of rotatable bonds is 4. The Labute approximate surface area is 255 Å². The second-order valence-electron chi connectivity index (χ2n) is 11.6. The van der Waals surface area contributed by atoms with Gasteiger partial charge in [-0.2, -0.15) is 0 Å². The number of aromatic nitrogens is 2. The van der Waals surface area contributed by atoms with Crippen molar-refractivity contribution in [3.63, 3.8) is 0 Å². The Hall–Kier alpha value is -5.39. The Morgan fingerprint density at radius 1 is 0.614 bits per heavy atom. The lowest BCUT2D eigenvalue weighted by molar-refractivity contribution is 0.444. The fourth-order valence-corrected chi connectivity index (χ4v) is 6.72. The van der Waals surface area contributed by atoms with Crippen molar-refractivity contribution in [1.82, 2.24) is 19.8 Å². The summed E-state index contributed by atoms with van der Waals surface area (Å²) in [4.78, 5) is 12.6. The second kappa shape index (κ2) is 10.4. The standard InChI is InChI=1S/C39H32N4O/c1-42-35-21-20-29(23-36(35)43(2)39(42)44)28-14-8-15-30(22-28)33-24-34(41-38(40-33)27-11-4-3-5-12-27)32-17-9-13-26-19-18-25-10-6-7-16-31(25)37(26)32/h3-24,34,38,40-41H,1-2H3. The zero-order chi connectivity index (χ0) is 29.8. The molecule has 6 aromatic carbocycles. The molecule has 44 heavy (non-hydrogen) atoms. The topological polar surface area (TPSA) is 51.0 Å². The fraction of sp³-hybridized carbons (Fsp3) is 0.103. The molecule has 5 heteroatoms. The minimum Gasteiger partial charge on any atom is -0.366 e. The monoisotopic (exact) mass is 572 g/mol. The summed E-state index contributed by atoms with van der Waals surface area (Å²) >= 11 is 0. The van der Waals surface area contributed by atoms with E-state index in [-0.39, 0.29) is 17.9 Å². The van der Waals surface area contributed by atoms with Gasteiger partial charge < -0.3 is 5.32 Å². The van der Waals surface area contributed by atoms with Crippen molar-refractivity contribution in [3.8, 4) is 11.1 Å². The summed E-state index contributed by atoms with van der Waals surface area (Å²) in [5.41, 5.74) is 8.64. The highest BCUT2D eigenvalue weighted by Gasteiger charge is 2.26. The van der Waals surface area contributed by atoms with Gasteiger partial charge in [0.25, 0.3) is 0 Å². The van der Waals surface area contributed by atoms with E-state index in [1.807, 2.05) is 20.2 Å². The number of hydrogen-bond acceptors (Lipinski definition) is 3. The molecule has 5 nitrogen and oxygen atoms in total. The molecule has 2 N–H and O–H groups in total. The summed E-state index contributed by atoms with van der Waals surface area (Å²) in [5, 5.41) is 12.7. The zero-order valence-electron chi connectivity index (χ0n) is 24.7. The van der Waals surface area contributed by atoms with Crippen LogP contribution in [-0.2, 0) is 14.1 Å². The van der Waals surface area contributed by atoms with Crippen LogP contribution in [0.15, 0.2) is 138 Å². The minimum absolute atomic E-state index is 0.0193. The average Bonchev–Trinajstić information content (AvgIpc) is 3.31. The van der Waals surface area contributed by atoms with Crippen LogP contribution in [0.4, 0.5) is 0 Å². The molecule has 1 aliphatic rings. The normalized spacial score (nSPS) is 16.7. The summed E-state index contributed by atoms with van der Waals surface area (Å²) in [6.07, 6.45) is 2.24. The number of hydrogen-bond donors (Lipinski definition) is 2. The molecule has 1 aliphatic heterocycles. The molecule has 0 amide bonds. The fourth-order valence-electron chi connectivity index (χ4n) is 6.72. The van der Waals surface area contributed by atoms with Gasteiger partial charge >= 0.3 is 5.69 Å².